The van der Waals surface area contributed by atoms with E-state index in [4.69, 9.17) is 9.84 Å². The lowest BCUT2D eigenvalue weighted by molar-refractivity contribution is -0.144. The van der Waals surface area contributed by atoms with Gasteiger partial charge < -0.3 is 9.84 Å². The second kappa shape index (κ2) is 4.65. The Morgan fingerprint density at radius 2 is 2.44 bits per heavy atom. The number of rotatable bonds is 3. The molecule has 16 heavy (non-hydrogen) atoms. The van der Waals surface area contributed by atoms with Crippen molar-refractivity contribution in [2.75, 3.05) is 6.54 Å². The Morgan fingerprint density at radius 1 is 1.62 bits per heavy atom. The summed E-state index contributed by atoms with van der Waals surface area (Å²) in [6, 6.07) is 7.76. The Balaban J connectivity index is 1.99. The first-order chi connectivity index (χ1) is 7.65. The molecule has 0 bridgehead atoms. The molecule has 1 aliphatic heterocycles. The Bertz CT molecular complexity index is 445. The Hall–Kier alpha value is -1.36. The minimum absolute atomic E-state index is 0.207. The standard InChI is InChI=1S/C11H10BrNO3/c12-8-3-1-2-7(4-8)5-10-13-6-9(16-10)11(14)15/h1-4,9H,5-6H2,(H,14,15). The number of benzene rings is 1. The number of carboxylic acid groups (broad SMARTS) is 1. The highest BCUT2D eigenvalue weighted by Crippen LogP contribution is 2.15. The van der Waals surface area contributed by atoms with Crippen molar-refractivity contribution in [2.24, 2.45) is 4.99 Å². The largest absolute Gasteiger partial charge is 0.478 e. The minimum Gasteiger partial charge on any atom is -0.478 e. The first-order valence-corrected chi connectivity index (χ1v) is 5.61. The normalized spacial score (nSPS) is 19.1. The molecule has 4 nitrogen and oxygen atoms in total. The van der Waals surface area contributed by atoms with E-state index in [-0.39, 0.29) is 6.54 Å². The van der Waals surface area contributed by atoms with Crippen LogP contribution in [0, 0.1) is 0 Å². The molecule has 0 spiro atoms. The first-order valence-electron chi connectivity index (χ1n) is 4.82. The highest BCUT2D eigenvalue weighted by Gasteiger charge is 2.26. The van der Waals surface area contributed by atoms with Crippen molar-refractivity contribution in [1.29, 1.82) is 0 Å². The van der Waals surface area contributed by atoms with Gasteiger partial charge in [-0.3, -0.25) is 4.99 Å². The van der Waals surface area contributed by atoms with Crippen molar-refractivity contribution < 1.29 is 14.6 Å². The number of aliphatic carboxylic acids is 1. The third kappa shape index (κ3) is 2.61. The number of halogens is 1. The van der Waals surface area contributed by atoms with Crippen LogP contribution >= 0.6 is 15.9 Å². The molecule has 1 aromatic rings. The van der Waals surface area contributed by atoms with Gasteiger partial charge in [0.1, 0.15) is 0 Å². The predicted octanol–water partition coefficient (Wildman–Crippen LogP) is 1.87. The SMILES string of the molecule is O=C(O)C1CN=C(Cc2cccc(Br)c2)O1. The maximum absolute atomic E-state index is 10.6. The summed E-state index contributed by atoms with van der Waals surface area (Å²) in [4.78, 5) is 14.7. The van der Waals surface area contributed by atoms with E-state index >= 15 is 0 Å². The summed E-state index contributed by atoms with van der Waals surface area (Å²) in [6.07, 6.45) is -0.286. The van der Waals surface area contributed by atoms with Crippen molar-refractivity contribution in [2.45, 2.75) is 12.5 Å². The van der Waals surface area contributed by atoms with Gasteiger partial charge in [-0.2, -0.15) is 0 Å². The van der Waals surface area contributed by atoms with Crippen LogP contribution in [-0.4, -0.2) is 29.6 Å². The molecule has 0 saturated heterocycles. The number of hydrogen-bond donors (Lipinski definition) is 1. The number of carboxylic acids is 1. The molecule has 1 aliphatic rings. The van der Waals surface area contributed by atoms with Crippen LogP contribution in [0.3, 0.4) is 0 Å². The van der Waals surface area contributed by atoms with Gasteiger partial charge in [-0.15, -0.1) is 0 Å². The molecule has 0 fully saturated rings. The van der Waals surface area contributed by atoms with Gasteiger partial charge in [0, 0.05) is 10.9 Å². The summed E-state index contributed by atoms with van der Waals surface area (Å²) in [6.45, 7) is 0.207. The number of ether oxygens (including phenoxy) is 1. The highest BCUT2D eigenvalue weighted by atomic mass is 79.9. The van der Waals surface area contributed by atoms with Crippen molar-refractivity contribution in [1.82, 2.24) is 0 Å². The lowest BCUT2D eigenvalue weighted by Crippen LogP contribution is -2.24. The van der Waals surface area contributed by atoms with E-state index in [1.54, 1.807) is 0 Å². The summed E-state index contributed by atoms with van der Waals surface area (Å²) < 4.78 is 6.19. The van der Waals surface area contributed by atoms with E-state index in [0.29, 0.717) is 12.3 Å². The molecular formula is C11H10BrNO3. The van der Waals surface area contributed by atoms with Crippen LogP contribution in [0.4, 0.5) is 0 Å². The fourth-order valence-electron chi connectivity index (χ4n) is 1.47. The van der Waals surface area contributed by atoms with Crippen molar-refractivity contribution in [3.05, 3.63) is 34.3 Å². The van der Waals surface area contributed by atoms with Gasteiger partial charge >= 0.3 is 5.97 Å². The summed E-state index contributed by atoms with van der Waals surface area (Å²) in [7, 11) is 0. The molecule has 1 aromatic carbocycles. The molecule has 1 atom stereocenters. The van der Waals surface area contributed by atoms with Crippen LogP contribution in [0.25, 0.3) is 0 Å². The van der Waals surface area contributed by atoms with Gasteiger partial charge in [-0.1, -0.05) is 28.1 Å². The first kappa shape index (κ1) is 11.1. The summed E-state index contributed by atoms with van der Waals surface area (Å²) in [5.41, 5.74) is 1.04. The van der Waals surface area contributed by atoms with Gasteiger partial charge in [-0.25, -0.2) is 4.79 Å². The Kier molecular flexibility index (Phi) is 3.24. The van der Waals surface area contributed by atoms with Crippen LogP contribution in [0.5, 0.6) is 0 Å². The van der Waals surface area contributed by atoms with Gasteiger partial charge in [0.25, 0.3) is 0 Å². The van der Waals surface area contributed by atoms with E-state index in [1.807, 2.05) is 24.3 Å². The molecular weight excluding hydrogens is 274 g/mol. The third-order valence-corrected chi connectivity index (χ3v) is 2.72. The monoisotopic (exact) mass is 283 g/mol. The molecule has 2 rings (SSSR count). The Morgan fingerprint density at radius 3 is 3.06 bits per heavy atom. The fourth-order valence-corrected chi connectivity index (χ4v) is 1.92. The van der Waals surface area contributed by atoms with Gasteiger partial charge in [0.05, 0.1) is 6.54 Å². The van der Waals surface area contributed by atoms with E-state index in [1.165, 1.54) is 0 Å². The molecule has 0 amide bonds. The quantitative estimate of drug-likeness (QED) is 0.921. The fraction of sp³-hybridized carbons (Fsp3) is 0.273. The summed E-state index contributed by atoms with van der Waals surface area (Å²) in [5.74, 6) is -0.474. The van der Waals surface area contributed by atoms with Gasteiger partial charge in [0.2, 0.25) is 6.10 Å². The smallest absolute Gasteiger partial charge is 0.346 e. The second-order valence-electron chi connectivity index (χ2n) is 3.49. The number of carbonyl (C=O) groups is 1. The molecule has 1 heterocycles. The lowest BCUT2D eigenvalue weighted by atomic mass is 10.1. The topological polar surface area (TPSA) is 58.9 Å². The van der Waals surface area contributed by atoms with Crippen LogP contribution in [0.2, 0.25) is 0 Å². The van der Waals surface area contributed by atoms with Gasteiger partial charge in [0.15, 0.2) is 5.90 Å². The summed E-state index contributed by atoms with van der Waals surface area (Å²) in [5, 5.41) is 8.74. The van der Waals surface area contributed by atoms with Crippen LogP contribution in [0.15, 0.2) is 33.7 Å². The second-order valence-corrected chi connectivity index (χ2v) is 4.40. The third-order valence-electron chi connectivity index (χ3n) is 2.23. The van der Waals surface area contributed by atoms with Crippen molar-refractivity contribution >= 4 is 27.8 Å². The zero-order valence-electron chi connectivity index (χ0n) is 8.39. The number of nitrogens with zero attached hydrogens (tertiary/aromatic N) is 1. The zero-order valence-corrected chi connectivity index (χ0v) is 9.98. The number of aliphatic imine (C=N–C) groups is 1. The van der Waals surface area contributed by atoms with Crippen LogP contribution in [-0.2, 0) is 16.0 Å². The maximum atomic E-state index is 10.6. The van der Waals surface area contributed by atoms with E-state index < -0.39 is 12.1 Å². The molecule has 1 unspecified atom stereocenters. The van der Waals surface area contributed by atoms with Gasteiger partial charge in [-0.05, 0) is 17.7 Å². The van der Waals surface area contributed by atoms with E-state index in [9.17, 15) is 4.79 Å². The molecule has 5 heteroatoms. The average molecular weight is 284 g/mol. The molecule has 0 aromatic heterocycles. The number of hydrogen-bond acceptors (Lipinski definition) is 3. The molecule has 84 valence electrons. The van der Waals surface area contributed by atoms with Crippen molar-refractivity contribution in [3.8, 4) is 0 Å². The zero-order chi connectivity index (χ0) is 11.5. The molecule has 0 aliphatic carbocycles. The minimum atomic E-state index is -0.965. The average Bonchev–Trinajstić information content (AvgIpc) is 2.66. The van der Waals surface area contributed by atoms with Crippen LogP contribution < -0.4 is 0 Å². The van der Waals surface area contributed by atoms with Crippen LogP contribution in [0.1, 0.15) is 5.56 Å². The van der Waals surface area contributed by atoms with E-state index in [0.717, 1.165) is 10.0 Å². The molecule has 0 saturated carbocycles. The van der Waals surface area contributed by atoms with E-state index in [2.05, 4.69) is 20.9 Å². The highest BCUT2D eigenvalue weighted by molar-refractivity contribution is 9.10. The summed E-state index contributed by atoms with van der Waals surface area (Å²) >= 11 is 3.37. The predicted molar refractivity (Wildman–Crippen MR) is 62.7 cm³/mol. The maximum Gasteiger partial charge on any atom is 0.346 e. The lowest BCUT2D eigenvalue weighted by Gasteiger charge is -2.06. The molecule has 1 N–H and O–H groups in total. The molecule has 0 radical (unpaired) electrons. The van der Waals surface area contributed by atoms with Crippen molar-refractivity contribution in [3.63, 3.8) is 0 Å². The Labute approximate surface area is 101 Å².